The molecule has 3 aliphatic heterocycles. The first kappa shape index (κ1) is 26.2. The third kappa shape index (κ3) is 5.14. The van der Waals surface area contributed by atoms with Crippen molar-refractivity contribution in [2.75, 3.05) is 39.1 Å². The number of carbonyl (C=O) groups excluding carboxylic acids is 2. The summed E-state index contributed by atoms with van der Waals surface area (Å²) in [7, 11) is -3.85. The Morgan fingerprint density at radius 3 is 2.56 bits per heavy atom. The Balaban J connectivity index is 1.34. The molecule has 1 unspecified atom stereocenters. The molecule has 0 saturated carbocycles. The average molecular weight is 519 g/mol. The zero-order chi connectivity index (χ0) is 26.1. The summed E-state index contributed by atoms with van der Waals surface area (Å²) in [4.78, 5) is 28.5. The van der Waals surface area contributed by atoms with Gasteiger partial charge in [0.1, 0.15) is 5.60 Å². The topological polar surface area (TPSA) is 141 Å². The minimum atomic E-state index is -3.85. The van der Waals surface area contributed by atoms with Crippen LogP contribution in [0.3, 0.4) is 0 Å². The van der Waals surface area contributed by atoms with E-state index in [-0.39, 0.29) is 25.5 Å². The standard InChI is InChI=1S/C24H30N4O7S/c1-23(21(29)25-32,36(2,33)34)7-10-27-15-19-13-18(14-28(19)22(27)30)5-3-4-6-24(31)8-11-26(12-9-24)20-16-35-17-20/h13-14,20,31-32H,7-12,15-17H2,1-2H3,(H,25,29). The third-order valence-corrected chi connectivity index (χ3v) is 9.34. The van der Waals surface area contributed by atoms with E-state index in [0.717, 1.165) is 32.6 Å². The smallest absolute Gasteiger partial charge is 0.328 e. The number of carbonyl (C=O) groups is 2. The van der Waals surface area contributed by atoms with Gasteiger partial charge in [-0.3, -0.25) is 19.5 Å². The molecule has 0 spiro atoms. The first-order chi connectivity index (χ1) is 17.0. The molecule has 0 radical (unpaired) electrons. The number of hydrogen-bond donors (Lipinski definition) is 3. The van der Waals surface area contributed by atoms with E-state index in [1.165, 1.54) is 21.9 Å². The predicted molar refractivity (Wildman–Crippen MR) is 128 cm³/mol. The summed E-state index contributed by atoms with van der Waals surface area (Å²) in [5.74, 6) is 10.2. The highest BCUT2D eigenvalue weighted by atomic mass is 32.2. The van der Waals surface area contributed by atoms with Crippen molar-refractivity contribution in [2.45, 2.75) is 49.1 Å². The molecule has 1 aromatic heterocycles. The Bertz CT molecular complexity index is 1270. The number of aromatic nitrogens is 1. The van der Waals surface area contributed by atoms with Crippen LogP contribution in [0.5, 0.6) is 0 Å². The molecule has 1 aromatic rings. The Hall–Kier alpha value is -2.87. The van der Waals surface area contributed by atoms with E-state index >= 15 is 0 Å². The average Bonchev–Trinajstić information content (AvgIpc) is 3.32. The van der Waals surface area contributed by atoms with Gasteiger partial charge in [-0.15, -0.1) is 0 Å². The molecular weight excluding hydrogens is 488 g/mol. The molecule has 12 heteroatoms. The van der Waals surface area contributed by atoms with Crippen LogP contribution in [0.1, 0.15) is 37.4 Å². The van der Waals surface area contributed by atoms with Crippen molar-refractivity contribution in [3.8, 4) is 23.7 Å². The molecule has 11 nitrogen and oxygen atoms in total. The number of rotatable bonds is 6. The molecule has 2 saturated heterocycles. The van der Waals surface area contributed by atoms with Gasteiger partial charge < -0.3 is 14.7 Å². The van der Waals surface area contributed by atoms with Crippen LogP contribution in [-0.2, 0) is 25.9 Å². The maximum Gasteiger partial charge on any atom is 0.328 e. The zero-order valence-electron chi connectivity index (χ0n) is 20.3. The summed E-state index contributed by atoms with van der Waals surface area (Å²) in [6, 6.07) is 1.83. The Labute approximate surface area is 210 Å². The minimum absolute atomic E-state index is 0.00771. The second-order valence-electron chi connectivity index (χ2n) is 9.75. The number of aliphatic hydroxyl groups is 1. The molecule has 36 heavy (non-hydrogen) atoms. The van der Waals surface area contributed by atoms with Crippen molar-refractivity contribution in [1.29, 1.82) is 0 Å². The number of amides is 2. The van der Waals surface area contributed by atoms with E-state index in [4.69, 9.17) is 9.94 Å². The van der Waals surface area contributed by atoms with E-state index in [9.17, 15) is 23.1 Å². The van der Waals surface area contributed by atoms with E-state index < -0.39 is 26.1 Å². The van der Waals surface area contributed by atoms with Gasteiger partial charge in [0, 0.05) is 56.2 Å². The van der Waals surface area contributed by atoms with Crippen molar-refractivity contribution in [3.63, 3.8) is 0 Å². The van der Waals surface area contributed by atoms with Gasteiger partial charge in [-0.1, -0.05) is 11.8 Å². The lowest BCUT2D eigenvalue weighted by Crippen LogP contribution is -2.54. The second-order valence-corrected chi connectivity index (χ2v) is 12.2. The fourth-order valence-corrected chi connectivity index (χ4v) is 5.31. The molecule has 0 aliphatic carbocycles. The minimum Gasteiger partial charge on any atom is -0.378 e. The van der Waals surface area contributed by atoms with Crippen molar-refractivity contribution >= 4 is 21.8 Å². The summed E-state index contributed by atoms with van der Waals surface area (Å²) in [5.41, 5.74) is 1.62. The number of likely N-dealkylation sites (tertiary alicyclic amines) is 1. The molecule has 1 atom stereocenters. The molecule has 3 N–H and O–H groups in total. The van der Waals surface area contributed by atoms with E-state index in [2.05, 4.69) is 28.6 Å². The van der Waals surface area contributed by atoms with Crippen LogP contribution in [0.2, 0.25) is 0 Å². The Morgan fingerprint density at radius 2 is 2.00 bits per heavy atom. The van der Waals surface area contributed by atoms with Crippen molar-refractivity contribution in [1.82, 2.24) is 19.8 Å². The van der Waals surface area contributed by atoms with E-state index in [1.54, 1.807) is 12.3 Å². The predicted octanol–water partition coefficient (Wildman–Crippen LogP) is -0.449. The van der Waals surface area contributed by atoms with Gasteiger partial charge in [-0.05, 0) is 31.3 Å². The molecule has 4 heterocycles. The molecule has 0 bridgehead atoms. The molecule has 4 rings (SSSR count). The number of hydrogen-bond acceptors (Lipinski definition) is 8. The lowest BCUT2D eigenvalue weighted by atomic mass is 9.91. The summed E-state index contributed by atoms with van der Waals surface area (Å²) in [6.45, 7) is 4.49. The molecule has 2 amide bonds. The summed E-state index contributed by atoms with van der Waals surface area (Å²) in [6.07, 6.45) is 3.43. The Morgan fingerprint density at radius 1 is 1.31 bits per heavy atom. The van der Waals surface area contributed by atoms with Gasteiger partial charge in [-0.25, -0.2) is 18.7 Å². The van der Waals surface area contributed by atoms with Crippen molar-refractivity contribution in [3.05, 3.63) is 23.5 Å². The van der Waals surface area contributed by atoms with Crippen LogP contribution in [0.15, 0.2) is 12.3 Å². The number of sulfone groups is 1. The maximum absolute atomic E-state index is 12.8. The van der Waals surface area contributed by atoms with Crippen LogP contribution in [-0.4, -0.2) is 101 Å². The van der Waals surface area contributed by atoms with Gasteiger partial charge in [-0.2, -0.15) is 0 Å². The van der Waals surface area contributed by atoms with Crippen LogP contribution >= 0.6 is 0 Å². The van der Waals surface area contributed by atoms with Crippen LogP contribution < -0.4 is 5.48 Å². The monoisotopic (exact) mass is 518 g/mol. The van der Waals surface area contributed by atoms with Crippen molar-refractivity contribution < 1.29 is 33.1 Å². The molecule has 3 aliphatic rings. The second kappa shape index (κ2) is 9.88. The number of nitrogens with zero attached hydrogens (tertiary/aromatic N) is 3. The Kier molecular flexibility index (Phi) is 7.19. The SMILES string of the molecule is CC(CCN1Cc2cc(C#CC#CC3(O)CCN(C4COC4)CC3)cn2C1=O)(C(=O)NO)S(C)(=O)=O. The van der Waals surface area contributed by atoms with E-state index in [0.29, 0.717) is 30.1 Å². The summed E-state index contributed by atoms with van der Waals surface area (Å²) in [5, 5.41) is 19.6. The largest absolute Gasteiger partial charge is 0.378 e. The third-order valence-electron chi connectivity index (χ3n) is 7.31. The number of nitrogens with one attached hydrogen (secondary N) is 1. The summed E-state index contributed by atoms with van der Waals surface area (Å²) >= 11 is 0. The normalized spacial score (nSPS) is 21.3. The molecule has 194 valence electrons. The van der Waals surface area contributed by atoms with Gasteiger partial charge in [0.2, 0.25) is 0 Å². The van der Waals surface area contributed by atoms with Gasteiger partial charge in [0.25, 0.3) is 5.91 Å². The fraction of sp³-hybridized carbons (Fsp3) is 0.583. The highest BCUT2D eigenvalue weighted by Gasteiger charge is 2.44. The molecule has 2 fully saturated rings. The number of piperidine rings is 1. The van der Waals surface area contributed by atoms with Crippen molar-refractivity contribution in [2.24, 2.45) is 0 Å². The van der Waals surface area contributed by atoms with Gasteiger partial charge >= 0.3 is 6.03 Å². The highest BCUT2D eigenvalue weighted by molar-refractivity contribution is 7.92. The maximum atomic E-state index is 12.8. The zero-order valence-corrected chi connectivity index (χ0v) is 21.1. The first-order valence-corrected chi connectivity index (χ1v) is 13.6. The fourth-order valence-electron chi connectivity index (χ4n) is 4.47. The van der Waals surface area contributed by atoms with Crippen LogP contribution in [0.4, 0.5) is 4.79 Å². The van der Waals surface area contributed by atoms with Gasteiger partial charge in [0.15, 0.2) is 14.6 Å². The number of hydroxylamine groups is 1. The summed E-state index contributed by atoms with van der Waals surface area (Å²) < 4.78 is 29.0. The lowest BCUT2D eigenvalue weighted by molar-refractivity contribution is -0.131. The molecule has 0 aromatic carbocycles. The van der Waals surface area contributed by atoms with E-state index in [1.807, 2.05) is 0 Å². The van der Waals surface area contributed by atoms with Crippen LogP contribution in [0, 0.1) is 23.7 Å². The number of ether oxygens (including phenoxy) is 1. The van der Waals surface area contributed by atoms with Crippen LogP contribution in [0.25, 0.3) is 0 Å². The number of fused-ring (bicyclic) bond motifs is 1. The first-order valence-electron chi connectivity index (χ1n) is 11.7. The molecular formula is C24H30N4O7S. The highest BCUT2D eigenvalue weighted by Crippen LogP contribution is 2.26. The van der Waals surface area contributed by atoms with Gasteiger partial charge in [0.05, 0.1) is 25.8 Å². The lowest BCUT2D eigenvalue weighted by Gasteiger charge is -2.42. The quantitative estimate of drug-likeness (QED) is 0.261.